The van der Waals surface area contributed by atoms with Crippen molar-refractivity contribution in [2.45, 2.75) is 18.5 Å². The molecule has 4 nitrogen and oxygen atoms in total. The van der Waals surface area contributed by atoms with Gasteiger partial charge in [-0.1, -0.05) is 6.07 Å². The van der Waals surface area contributed by atoms with Crippen molar-refractivity contribution in [3.05, 3.63) is 29.6 Å². The van der Waals surface area contributed by atoms with Gasteiger partial charge >= 0.3 is 0 Å². The molecule has 0 aromatic heterocycles. The molecule has 0 radical (unpaired) electrons. The van der Waals surface area contributed by atoms with E-state index in [2.05, 4.69) is 15.6 Å². The number of halogens is 2. The van der Waals surface area contributed by atoms with E-state index in [1.807, 2.05) is 6.07 Å². The lowest BCUT2D eigenvalue weighted by Gasteiger charge is -2.39. The van der Waals surface area contributed by atoms with Gasteiger partial charge in [-0.15, -0.1) is 12.4 Å². The van der Waals surface area contributed by atoms with Gasteiger partial charge in [0, 0.05) is 18.5 Å². The Morgan fingerprint density at radius 3 is 2.72 bits per heavy atom. The quantitative estimate of drug-likeness (QED) is 0.669. The lowest BCUT2D eigenvalue weighted by Crippen LogP contribution is -2.49. The second-order valence-electron chi connectivity index (χ2n) is 4.57. The number of anilines is 1. The summed E-state index contributed by atoms with van der Waals surface area (Å²) in [6, 6.07) is 4.95. The number of piperidine rings is 1. The fraction of sp³-hybridized carbons (Fsp3) is 0.417. The minimum atomic E-state index is -0.351. The zero-order valence-electron chi connectivity index (χ0n) is 9.87. The highest BCUT2D eigenvalue weighted by atomic mass is 35.5. The Hall–Kier alpha value is -1.33. The summed E-state index contributed by atoms with van der Waals surface area (Å²) >= 11 is 0. The lowest BCUT2D eigenvalue weighted by molar-refractivity contribution is 0.348. The molecule has 4 N–H and O–H groups in total. The maximum Gasteiger partial charge on any atom is 0.136 e. The predicted octanol–water partition coefficient (Wildman–Crippen LogP) is 1.46. The van der Waals surface area contributed by atoms with Crippen molar-refractivity contribution < 1.29 is 4.39 Å². The number of amidine groups is 1. The van der Waals surface area contributed by atoms with Crippen molar-refractivity contribution in [1.29, 1.82) is 0 Å². The van der Waals surface area contributed by atoms with Crippen molar-refractivity contribution in [2.75, 3.05) is 18.4 Å². The smallest absolute Gasteiger partial charge is 0.136 e. The zero-order valence-corrected chi connectivity index (χ0v) is 10.7. The number of hydrogen-bond acceptors (Lipinski definition) is 4. The molecule has 1 aromatic rings. The summed E-state index contributed by atoms with van der Waals surface area (Å²) in [7, 11) is 0. The van der Waals surface area contributed by atoms with Crippen molar-refractivity contribution in [3.63, 3.8) is 0 Å². The molecule has 1 aromatic carbocycles. The summed E-state index contributed by atoms with van der Waals surface area (Å²) in [6.45, 7) is 1.79. The van der Waals surface area contributed by atoms with Gasteiger partial charge in [0.15, 0.2) is 0 Å². The fourth-order valence-corrected chi connectivity index (χ4v) is 2.53. The van der Waals surface area contributed by atoms with Crippen molar-refractivity contribution in [1.82, 2.24) is 5.32 Å². The van der Waals surface area contributed by atoms with E-state index in [-0.39, 0.29) is 23.9 Å². The molecule has 6 heteroatoms. The molecular formula is C12H16ClFN4. The molecule has 0 bridgehead atoms. The Balaban J connectivity index is 0.00000120. The van der Waals surface area contributed by atoms with E-state index >= 15 is 0 Å². The van der Waals surface area contributed by atoms with Gasteiger partial charge in [-0.3, -0.25) is 0 Å². The highest BCUT2D eigenvalue weighted by Gasteiger charge is 2.36. The van der Waals surface area contributed by atoms with E-state index < -0.39 is 0 Å². The number of rotatable bonds is 0. The Morgan fingerprint density at radius 2 is 2.00 bits per heavy atom. The molecule has 3 rings (SSSR count). The van der Waals surface area contributed by atoms with E-state index in [1.165, 1.54) is 6.07 Å². The largest absolute Gasteiger partial charge is 0.383 e. The summed E-state index contributed by atoms with van der Waals surface area (Å²) in [5.74, 6) is -0.0150. The van der Waals surface area contributed by atoms with Gasteiger partial charge < -0.3 is 16.4 Å². The number of hydrogen-bond donors (Lipinski definition) is 3. The van der Waals surface area contributed by atoms with Gasteiger partial charge in [0.2, 0.25) is 0 Å². The number of nitrogens with one attached hydrogen (secondary N) is 2. The van der Waals surface area contributed by atoms with Crippen molar-refractivity contribution in [2.24, 2.45) is 10.7 Å². The van der Waals surface area contributed by atoms with Gasteiger partial charge in [0.05, 0.1) is 5.56 Å². The molecule has 18 heavy (non-hydrogen) atoms. The summed E-state index contributed by atoms with van der Waals surface area (Å²) in [4.78, 5) is 4.48. The molecule has 2 aliphatic rings. The van der Waals surface area contributed by atoms with Gasteiger partial charge in [0.25, 0.3) is 0 Å². The van der Waals surface area contributed by atoms with Crippen LogP contribution in [0.3, 0.4) is 0 Å². The Kier molecular flexibility index (Phi) is 3.45. The normalized spacial score (nSPS) is 20.4. The third kappa shape index (κ3) is 2.04. The molecule has 0 aliphatic carbocycles. The van der Waals surface area contributed by atoms with Crippen LogP contribution in [0.25, 0.3) is 0 Å². The third-order valence-corrected chi connectivity index (χ3v) is 3.40. The molecule has 0 amide bonds. The maximum absolute atomic E-state index is 13.7. The van der Waals surface area contributed by atoms with Crippen LogP contribution in [0, 0.1) is 5.82 Å². The first-order chi connectivity index (χ1) is 8.20. The molecule has 2 heterocycles. The Labute approximate surface area is 111 Å². The van der Waals surface area contributed by atoms with Crippen LogP contribution < -0.4 is 16.4 Å². The molecule has 1 saturated heterocycles. The first-order valence-electron chi connectivity index (χ1n) is 5.83. The van der Waals surface area contributed by atoms with Crippen LogP contribution in [-0.2, 0) is 0 Å². The number of nitrogens with two attached hydrogens (primary N) is 1. The van der Waals surface area contributed by atoms with Gasteiger partial charge in [-0.2, -0.15) is 0 Å². The van der Waals surface area contributed by atoms with E-state index in [0.29, 0.717) is 11.4 Å². The van der Waals surface area contributed by atoms with Crippen molar-refractivity contribution >= 4 is 23.9 Å². The minimum absolute atomic E-state index is 0. The summed E-state index contributed by atoms with van der Waals surface area (Å²) < 4.78 is 13.7. The maximum atomic E-state index is 13.7. The molecule has 0 unspecified atom stereocenters. The van der Waals surface area contributed by atoms with Gasteiger partial charge in [0.1, 0.15) is 17.3 Å². The monoisotopic (exact) mass is 270 g/mol. The summed E-state index contributed by atoms with van der Waals surface area (Å²) in [5, 5.41) is 6.62. The second-order valence-corrected chi connectivity index (χ2v) is 4.57. The second kappa shape index (κ2) is 4.74. The molecule has 1 fully saturated rings. The Morgan fingerprint density at radius 1 is 1.28 bits per heavy atom. The Bertz CT molecular complexity index is 483. The fourth-order valence-electron chi connectivity index (χ4n) is 2.53. The summed E-state index contributed by atoms with van der Waals surface area (Å²) in [5.41, 5.74) is 6.70. The topological polar surface area (TPSA) is 62.4 Å². The number of benzene rings is 1. The van der Waals surface area contributed by atoms with E-state index in [9.17, 15) is 4.39 Å². The summed E-state index contributed by atoms with van der Waals surface area (Å²) in [6.07, 6.45) is 1.73. The first kappa shape index (κ1) is 13.1. The molecular weight excluding hydrogens is 255 g/mol. The van der Waals surface area contributed by atoms with E-state index in [0.717, 1.165) is 31.6 Å². The van der Waals surface area contributed by atoms with Crippen LogP contribution >= 0.6 is 12.4 Å². The average molecular weight is 271 g/mol. The number of aliphatic imine (C=N–C) groups is 1. The van der Waals surface area contributed by atoms with Crippen LogP contribution in [0.5, 0.6) is 0 Å². The van der Waals surface area contributed by atoms with Crippen molar-refractivity contribution in [3.8, 4) is 0 Å². The predicted molar refractivity (Wildman–Crippen MR) is 72.8 cm³/mol. The van der Waals surface area contributed by atoms with Crippen LogP contribution in [-0.4, -0.2) is 24.6 Å². The number of fused-ring (bicyclic) bond motifs is 1. The van der Waals surface area contributed by atoms with Gasteiger partial charge in [-0.25, -0.2) is 9.38 Å². The van der Waals surface area contributed by atoms with Crippen LogP contribution in [0.2, 0.25) is 0 Å². The van der Waals surface area contributed by atoms with Gasteiger partial charge in [-0.05, 0) is 25.2 Å². The zero-order chi connectivity index (χ0) is 11.9. The molecule has 98 valence electrons. The standard InChI is InChI=1S/C12H15FN4.ClH/c13-8-2-1-3-9-10(8)11(14)17-12(16-9)4-6-15-7-5-12;/h1-3,15-16H,4-7H2,(H2,14,17);1H. The highest BCUT2D eigenvalue weighted by Crippen LogP contribution is 2.33. The SMILES string of the molecule is Cl.NC1=NC2(CCNCC2)Nc2cccc(F)c21. The number of nitrogens with zero attached hydrogens (tertiary/aromatic N) is 1. The average Bonchev–Trinajstić information content (AvgIpc) is 2.29. The molecule has 0 saturated carbocycles. The van der Waals surface area contributed by atoms with Crippen LogP contribution in [0.15, 0.2) is 23.2 Å². The third-order valence-electron chi connectivity index (χ3n) is 3.40. The first-order valence-corrected chi connectivity index (χ1v) is 5.83. The van der Waals surface area contributed by atoms with Crippen LogP contribution in [0.4, 0.5) is 10.1 Å². The highest BCUT2D eigenvalue weighted by molar-refractivity contribution is 6.04. The lowest BCUT2D eigenvalue weighted by atomic mass is 9.95. The van der Waals surface area contributed by atoms with E-state index in [1.54, 1.807) is 6.07 Å². The minimum Gasteiger partial charge on any atom is -0.383 e. The van der Waals surface area contributed by atoms with E-state index in [4.69, 9.17) is 5.73 Å². The molecule has 0 atom stereocenters. The van der Waals surface area contributed by atoms with Crippen LogP contribution in [0.1, 0.15) is 18.4 Å². The molecule has 1 spiro atoms. The molecule has 2 aliphatic heterocycles.